The summed E-state index contributed by atoms with van der Waals surface area (Å²) in [7, 11) is 0. The van der Waals surface area contributed by atoms with Gasteiger partial charge in [0.25, 0.3) is 0 Å². The molecule has 0 N–H and O–H groups in total. The quantitative estimate of drug-likeness (QED) is 0.661. The monoisotopic (exact) mass is 173 g/mol. The van der Waals surface area contributed by atoms with Crippen LogP contribution < -0.4 is 5.63 Å². The number of fused-ring (bicyclic) bond motifs is 1. The third-order valence-electron chi connectivity index (χ3n) is 1.97. The van der Waals surface area contributed by atoms with Gasteiger partial charge in [0.05, 0.1) is 5.39 Å². The Bertz CT molecular complexity index is 483. The molecule has 1 radical (unpaired) electrons. The normalized spacial score (nSPS) is 10.5. The zero-order valence-corrected chi connectivity index (χ0v) is 7.12. The molecule has 0 saturated heterocycles. The van der Waals surface area contributed by atoms with Crippen LogP contribution in [0.4, 0.5) is 0 Å². The van der Waals surface area contributed by atoms with Crippen molar-refractivity contribution in [2.45, 2.75) is 6.42 Å². The van der Waals surface area contributed by atoms with Crippen molar-refractivity contribution in [1.82, 2.24) is 0 Å². The maximum atomic E-state index is 11.4. The summed E-state index contributed by atoms with van der Waals surface area (Å²) in [6, 6.07) is 9.22. The minimum Gasteiger partial charge on any atom is -0.427 e. The second kappa shape index (κ2) is 3.05. The van der Waals surface area contributed by atoms with E-state index in [0.29, 0.717) is 17.6 Å². The van der Waals surface area contributed by atoms with E-state index in [0.717, 1.165) is 5.39 Å². The number of benzene rings is 1. The molecule has 2 rings (SSSR count). The van der Waals surface area contributed by atoms with Crippen molar-refractivity contribution in [2.24, 2.45) is 0 Å². The van der Waals surface area contributed by atoms with Crippen LogP contribution in [0.1, 0.15) is 5.76 Å². The fourth-order valence-electron chi connectivity index (χ4n) is 1.31. The second-order valence-corrected chi connectivity index (χ2v) is 2.84. The topological polar surface area (TPSA) is 30.2 Å². The van der Waals surface area contributed by atoms with E-state index in [1.807, 2.05) is 24.3 Å². The standard InChI is InChI=1S/C11H9O2/c1-2-9-7-8-5-3-4-6-10(8)11(12)13-9/h3-7H,1-2H2. The Balaban J connectivity index is 2.85. The first-order chi connectivity index (χ1) is 6.31. The highest BCUT2D eigenvalue weighted by atomic mass is 16.4. The predicted octanol–water partition coefficient (Wildman–Crippen LogP) is 2.17. The minimum absolute atomic E-state index is 0.281. The average molecular weight is 173 g/mol. The molecule has 2 heteroatoms. The lowest BCUT2D eigenvalue weighted by atomic mass is 10.1. The van der Waals surface area contributed by atoms with Crippen molar-refractivity contribution < 1.29 is 4.42 Å². The van der Waals surface area contributed by atoms with Gasteiger partial charge in [-0.25, -0.2) is 4.79 Å². The van der Waals surface area contributed by atoms with Crippen LogP contribution in [-0.4, -0.2) is 0 Å². The molecule has 0 atom stereocenters. The Morgan fingerprint density at radius 3 is 2.85 bits per heavy atom. The average Bonchev–Trinajstić information content (AvgIpc) is 2.18. The van der Waals surface area contributed by atoms with Crippen LogP contribution in [0.3, 0.4) is 0 Å². The summed E-state index contributed by atoms with van der Waals surface area (Å²) < 4.78 is 5.02. The molecule has 1 heterocycles. The Morgan fingerprint density at radius 1 is 1.31 bits per heavy atom. The minimum atomic E-state index is -0.281. The fourth-order valence-corrected chi connectivity index (χ4v) is 1.31. The van der Waals surface area contributed by atoms with Crippen molar-refractivity contribution in [3.05, 3.63) is 53.4 Å². The molecule has 65 valence electrons. The molecule has 1 aromatic carbocycles. The lowest BCUT2D eigenvalue weighted by molar-refractivity contribution is 0.478. The van der Waals surface area contributed by atoms with E-state index in [2.05, 4.69) is 6.92 Å². The molecule has 0 aliphatic carbocycles. The summed E-state index contributed by atoms with van der Waals surface area (Å²) in [4.78, 5) is 11.4. The van der Waals surface area contributed by atoms with Gasteiger partial charge in [0.15, 0.2) is 0 Å². The molecule has 0 amide bonds. The zero-order valence-electron chi connectivity index (χ0n) is 7.12. The predicted molar refractivity (Wildman–Crippen MR) is 51.5 cm³/mol. The Morgan fingerprint density at radius 2 is 2.08 bits per heavy atom. The van der Waals surface area contributed by atoms with E-state index < -0.39 is 0 Å². The SMILES string of the molecule is [CH2]Cc1cc2ccccc2c(=O)o1. The highest BCUT2D eigenvalue weighted by Gasteiger charge is 2.00. The van der Waals surface area contributed by atoms with E-state index >= 15 is 0 Å². The fraction of sp³-hybridized carbons (Fsp3) is 0.0909. The van der Waals surface area contributed by atoms with E-state index in [1.54, 1.807) is 6.07 Å². The molecule has 0 aliphatic rings. The summed E-state index contributed by atoms with van der Waals surface area (Å²) in [5, 5.41) is 1.54. The van der Waals surface area contributed by atoms with Crippen LogP contribution in [0.2, 0.25) is 0 Å². The van der Waals surface area contributed by atoms with E-state index in [1.165, 1.54) is 0 Å². The summed E-state index contributed by atoms with van der Waals surface area (Å²) >= 11 is 0. The lowest BCUT2D eigenvalue weighted by Crippen LogP contribution is -2.01. The number of hydrogen-bond donors (Lipinski definition) is 0. The van der Waals surface area contributed by atoms with Gasteiger partial charge in [-0.3, -0.25) is 0 Å². The first kappa shape index (κ1) is 8.05. The highest BCUT2D eigenvalue weighted by molar-refractivity contribution is 5.81. The van der Waals surface area contributed by atoms with Crippen LogP contribution in [0.15, 0.2) is 39.5 Å². The Labute approximate surface area is 75.8 Å². The van der Waals surface area contributed by atoms with Crippen molar-refractivity contribution >= 4 is 10.8 Å². The van der Waals surface area contributed by atoms with Crippen molar-refractivity contribution in [3.8, 4) is 0 Å². The molecule has 2 nitrogen and oxygen atoms in total. The van der Waals surface area contributed by atoms with Gasteiger partial charge in [-0.2, -0.15) is 0 Å². The molecule has 2 aromatic rings. The molecule has 13 heavy (non-hydrogen) atoms. The van der Waals surface area contributed by atoms with Gasteiger partial charge in [0.1, 0.15) is 5.76 Å². The molecule has 0 spiro atoms. The van der Waals surface area contributed by atoms with Crippen LogP contribution in [0.5, 0.6) is 0 Å². The van der Waals surface area contributed by atoms with Crippen LogP contribution in [0, 0.1) is 6.92 Å². The summed E-state index contributed by atoms with van der Waals surface area (Å²) in [5.74, 6) is 0.628. The molecule has 0 bridgehead atoms. The molecule has 0 unspecified atom stereocenters. The highest BCUT2D eigenvalue weighted by Crippen LogP contribution is 2.11. The maximum absolute atomic E-state index is 11.4. The maximum Gasteiger partial charge on any atom is 0.343 e. The van der Waals surface area contributed by atoms with E-state index in [-0.39, 0.29) is 5.63 Å². The van der Waals surface area contributed by atoms with Gasteiger partial charge in [-0.15, -0.1) is 0 Å². The molecular weight excluding hydrogens is 164 g/mol. The first-order valence-corrected chi connectivity index (χ1v) is 4.12. The van der Waals surface area contributed by atoms with Crippen molar-refractivity contribution in [3.63, 3.8) is 0 Å². The van der Waals surface area contributed by atoms with Crippen LogP contribution in [0.25, 0.3) is 10.8 Å². The Kier molecular flexibility index (Phi) is 1.89. The molecular formula is C11H9O2. The number of hydrogen-bond acceptors (Lipinski definition) is 2. The summed E-state index contributed by atoms with van der Waals surface area (Å²) in [5.41, 5.74) is -0.281. The van der Waals surface area contributed by atoms with Crippen molar-refractivity contribution in [2.75, 3.05) is 0 Å². The molecule has 0 saturated carbocycles. The number of rotatable bonds is 1. The Hall–Kier alpha value is -1.57. The van der Waals surface area contributed by atoms with Gasteiger partial charge in [-0.1, -0.05) is 18.2 Å². The smallest absolute Gasteiger partial charge is 0.343 e. The van der Waals surface area contributed by atoms with Crippen molar-refractivity contribution in [1.29, 1.82) is 0 Å². The lowest BCUT2D eigenvalue weighted by Gasteiger charge is -1.97. The van der Waals surface area contributed by atoms with Gasteiger partial charge in [0.2, 0.25) is 0 Å². The molecule has 0 aliphatic heterocycles. The molecule has 1 aromatic heterocycles. The zero-order chi connectivity index (χ0) is 9.26. The van der Waals surface area contributed by atoms with E-state index in [4.69, 9.17) is 4.42 Å². The van der Waals surface area contributed by atoms with Gasteiger partial charge in [0, 0.05) is 6.42 Å². The third kappa shape index (κ3) is 1.35. The largest absolute Gasteiger partial charge is 0.427 e. The van der Waals surface area contributed by atoms with Gasteiger partial charge >= 0.3 is 5.63 Å². The van der Waals surface area contributed by atoms with Crippen LogP contribution in [-0.2, 0) is 6.42 Å². The molecule has 0 fully saturated rings. The summed E-state index contributed by atoms with van der Waals surface area (Å²) in [6.07, 6.45) is 0.500. The van der Waals surface area contributed by atoms with Crippen LogP contribution >= 0.6 is 0 Å². The first-order valence-electron chi connectivity index (χ1n) is 4.12. The third-order valence-corrected chi connectivity index (χ3v) is 1.97. The van der Waals surface area contributed by atoms with E-state index in [9.17, 15) is 4.79 Å². The van der Waals surface area contributed by atoms with Gasteiger partial charge in [-0.05, 0) is 24.4 Å². The van der Waals surface area contributed by atoms with Gasteiger partial charge < -0.3 is 4.42 Å². The summed E-state index contributed by atoms with van der Waals surface area (Å²) in [6.45, 7) is 3.67. The second-order valence-electron chi connectivity index (χ2n) is 2.84.